The summed E-state index contributed by atoms with van der Waals surface area (Å²) >= 11 is 0. The van der Waals surface area contributed by atoms with E-state index in [1.165, 1.54) is 31.2 Å². The third-order valence-corrected chi connectivity index (χ3v) is 4.07. The van der Waals surface area contributed by atoms with Crippen molar-refractivity contribution in [3.05, 3.63) is 35.1 Å². The molecule has 0 heterocycles. The van der Waals surface area contributed by atoms with Gasteiger partial charge in [0, 0.05) is 6.04 Å². The summed E-state index contributed by atoms with van der Waals surface area (Å²) in [5.74, 6) is 0.731. The van der Waals surface area contributed by atoms with Crippen molar-refractivity contribution in [1.29, 1.82) is 0 Å². The summed E-state index contributed by atoms with van der Waals surface area (Å²) in [6.45, 7) is 5.34. The lowest BCUT2D eigenvalue weighted by atomic mass is 9.87. The average molecular weight is 249 g/mol. The number of aryl methyl sites for hydroxylation is 1. The van der Waals surface area contributed by atoms with Gasteiger partial charge < -0.3 is 5.32 Å². The van der Waals surface area contributed by atoms with Gasteiger partial charge in [-0.2, -0.15) is 0 Å². The van der Waals surface area contributed by atoms with Crippen molar-refractivity contribution in [3.8, 4) is 0 Å². The quantitative estimate of drug-likeness (QED) is 0.854. The first-order chi connectivity index (χ1) is 8.65. The molecule has 2 unspecified atom stereocenters. The fourth-order valence-corrected chi connectivity index (χ4v) is 2.97. The van der Waals surface area contributed by atoms with Crippen LogP contribution in [-0.2, 0) is 6.42 Å². The zero-order chi connectivity index (χ0) is 13.0. The van der Waals surface area contributed by atoms with E-state index < -0.39 is 0 Å². The highest BCUT2D eigenvalue weighted by molar-refractivity contribution is 5.26. The van der Waals surface area contributed by atoms with Gasteiger partial charge in [0.25, 0.3) is 0 Å². The first kappa shape index (κ1) is 13.5. The van der Waals surface area contributed by atoms with E-state index in [4.69, 9.17) is 0 Å². The van der Waals surface area contributed by atoms with Crippen LogP contribution in [0.2, 0.25) is 0 Å². The molecule has 100 valence electrons. The van der Waals surface area contributed by atoms with Gasteiger partial charge in [0.05, 0.1) is 0 Å². The standard InChI is InChI=1S/C16H24FN/c1-12-4-3-5-16(10-12)18-9-8-14-6-7-15(17)11-13(14)2/h6-7,11-12,16,18H,3-5,8-10H2,1-2H3. The summed E-state index contributed by atoms with van der Waals surface area (Å²) in [5.41, 5.74) is 2.32. The van der Waals surface area contributed by atoms with E-state index in [9.17, 15) is 4.39 Å². The summed E-state index contributed by atoms with van der Waals surface area (Å²) < 4.78 is 13.0. The van der Waals surface area contributed by atoms with E-state index in [0.29, 0.717) is 6.04 Å². The topological polar surface area (TPSA) is 12.0 Å². The van der Waals surface area contributed by atoms with Crippen molar-refractivity contribution in [2.45, 2.75) is 52.0 Å². The molecule has 0 spiro atoms. The Morgan fingerprint density at radius 2 is 2.17 bits per heavy atom. The summed E-state index contributed by atoms with van der Waals surface area (Å²) in [7, 11) is 0. The summed E-state index contributed by atoms with van der Waals surface area (Å²) in [5, 5.41) is 3.65. The van der Waals surface area contributed by atoms with Crippen LogP contribution in [0.1, 0.15) is 43.7 Å². The molecule has 1 aliphatic rings. The highest BCUT2D eigenvalue weighted by Crippen LogP contribution is 2.23. The van der Waals surface area contributed by atoms with Crippen LogP contribution < -0.4 is 5.32 Å². The van der Waals surface area contributed by atoms with Crippen molar-refractivity contribution in [3.63, 3.8) is 0 Å². The molecule has 0 saturated heterocycles. The molecule has 1 nitrogen and oxygen atoms in total. The van der Waals surface area contributed by atoms with Gasteiger partial charge in [-0.3, -0.25) is 0 Å². The molecule has 2 rings (SSSR count). The van der Waals surface area contributed by atoms with Gasteiger partial charge in [-0.1, -0.05) is 25.8 Å². The molecule has 1 saturated carbocycles. The molecule has 0 aliphatic heterocycles. The van der Waals surface area contributed by atoms with Gasteiger partial charge >= 0.3 is 0 Å². The Hall–Kier alpha value is -0.890. The fourth-order valence-electron chi connectivity index (χ4n) is 2.97. The van der Waals surface area contributed by atoms with Gasteiger partial charge in [0.15, 0.2) is 0 Å². The number of benzene rings is 1. The van der Waals surface area contributed by atoms with Gasteiger partial charge in [-0.25, -0.2) is 4.39 Å². The minimum absolute atomic E-state index is 0.134. The van der Waals surface area contributed by atoms with Crippen LogP contribution in [0.25, 0.3) is 0 Å². The van der Waals surface area contributed by atoms with Crippen molar-refractivity contribution in [1.82, 2.24) is 5.32 Å². The van der Waals surface area contributed by atoms with Gasteiger partial charge in [0.1, 0.15) is 5.82 Å². The first-order valence-electron chi connectivity index (χ1n) is 7.13. The van der Waals surface area contributed by atoms with Gasteiger partial charge in [0.2, 0.25) is 0 Å². The predicted molar refractivity (Wildman–Crippen MR) is 74.3 cm³/mol. The first-order valence-corrected chi connectivity index (χ1v) is 7.13. The van der Waals surface area contributed by atoms with Crippen LogP contribution in [0.3, 0.4) is 0 Å². The van der Waals surface area contributed by atoms with Crippen LogP contribution in [0.4, 0.5) is 4.39 Å². The normalized spacial score (nSPS) is 24.2. The van der Waals surface area contributed by atoms with Crippen LogP contribution in [0.15, 0.2) is 18.2 Å². The van der Waals surface area contributed by atoms with Gasteiger partial charge in [-0.15, -0.1) is 0 Å². The highest BCUT2D eigenvalue weighted by atomic mass is 19.1. The smallest absolute Gasteiger partial charge is 0.123 e. The van der Waals surface area contributed by atoms with Crippen LogP contribution in [-0.4, -0.2) is 12.6 Å². The zero-order valence-corrected chi connectivity index (χ0v) is 11.5. The third-order valence-electron chi connectivity index (χ3n) is 4.07. The lowest BCUT2D eigenvalue weighted by Gasteiger charge is -2.27. The Morgan fingerprint density at radius 1 is 1.33 bits per heavy atom. The number of hydrogen-bond donors (Lipinski definition) is 1. The molecule has 0 radical (unpaired) electrons. The maximum absolute atomic E-state index is 13.0. The monoisotopic (exact) mass is 249 g/mol. The fraction of sp³-hybridized carbons (Fsp3) is 0.625. The molecule has 0 bridgehead atoms. The molecule has 1 aliphatic carbocycles. The second-order valence-corrected chi connectivity index (χ2v) is 5.74. The minimum atomic E-state index is -0.134. The summed E-state index contributed by atoms with van der Waals surface area (Å²) in [6.07, 6.45) is 6.36. The van der Waals surface area contributed by atoms with E-state index >= 15 is 0 Å². The van der Waals surface area contributed by atoms with Crippen LogP contribution >= 0.6 is 0 Å². The minimum Gasteiger partial charge on any atom is -0.314 e. The number of halogens is 1. The number of nitrogens with one attached hydrogen (secondary N) is 1. The van der Waals surface area contributed by atoms with Crippen molar-refractivity contribution in [2.24, 2.45) is 5.92 Å². The van der Waals surface area contributed by atoms with E-state index in [2.05, 4.69) is 12.2 Å². The Balaban J connectivity index is 1.77. The van der Waals surface area contributed by atoms with E-state index in [0.717, 1.165) is 24.4 Å². The molecule has 0 aromatic heterocycles. The maximum atomic E-state index is 13.0. The SMILES string of the molecule is Cc1cc(F)ccc1CCNC1CCCC(C)C1. The van der Waals surface area contributed by atoms with Crippen molar-refractivity contribution in [2.75, 3.05) is 6.54 Å². The van der Waals surface area contributed by atoms with E-state index in [1.807, 2.05) is 13.0 Å². The van der Waals surface area contributed by atoms with Crippen LogP contribution in [0, 0.1) is 18.7 Å². The molecule has 1 fully saturated rings. The number of rotatable bonds is 4. The molecule has 2 atom stereocenters. The molecule has 0 amide bonds. The Labute approximate surface area is 110 Å². The summed E-state index contributed by atoms with van der Waals surface area (Å²) in [6, 6.07) is 5.79. The zero-order valence-electron chi connectivity index (χ0n) is 11.5. The highest BCUT2D eigenvalue weighted by Gasteiger charge is 2.17. The largest absolute Gasteiger partial charge is 0.314 e. The van der Waals surface area contributed by atoms with Gasteiger partial charge in [-0.05, 0) is 61.9 Å². The summed E-state index contributed by atoms with van der Waals surface area (Å²) in [4.78, 5) is 0. The third kappa shape index (κ3) is 3.81. The Bertz CT molecular complexity index is 389. The lowest BCUT2D eigenvalue weighted by molar-refractivity contribution is 0.303. The molecule has 1 aromatic carbocycles. The van der Waals surface area contributed by atoms with Crippen molar-refractivity contribution < 1.29 is 4.39 Å². The second-order valence-electron chi connectivity index (χ2n) is 5.74. The predicted octanol–water partition coefficient (Wildman–Crippen LogP) is 3.84. The molecule has 18 heavy (non-hydrogen) atoms. The number of hydrogen-bond acceptors (Lipinski definition) is 1. The van der Waals surface area contributed by atoms with Crippen molar-refractivity contribution >= 4 is 0 Å². The molecule has 1 N–H and O–H groups in total. The van der Waals surface area contributed by atoms with E-state index in [1.54, 1.807) is 12.1 Å². The lowest BCUT2D eigenvalue weighted by Crippen LogP contribution is -2.34. The van der Waals surface area contributed by atoms with E-state index in [-0.39, 0.29) is 5.82 Å². The maximum Gasteiger partial charge on any atom is 0.123 e. The Kier molecular flexibility index (Phi) is 4.76. The molecule has 1 aromatic rings. The second kappa shape index (κ2) is 6.33. The van der Waals surface area contributed by atoms with Crippen LogP contribution in [0.5, 0.6) is 0 Å². The molecule has 2 heteroatoms. The molecular formula is C16H24FN. The average Bonchev–Trinajstić information content (AvgIpc) is 2.32. The Morgan fingerprint density at radius 3 is 2.89 bits per heavy atom. The molecular weight excluding hydrogens is 225 g/mol.